The summed E-state index contributed by atoms with van der Waals surface area (Å²) in [5.74, 6) is -1.36. The summed E-state index contributed by atoms with van der Waals surface area (Å²) in [6.07, 6.45) is 1.60. The average molecular weight is 253 g/mol. The molecule has 0 spiro atoms. The van der Waals surface area contributed by atoms with Crippen molar-refractivity contribution in [3.8, 4) is 0 Å². The van der Waals surface area contributed by atoms with Crippen molar-refractivity contribution in [3.63, 3.8) is 0 Å². The number of carbonyl (C=O) groups is 1. The molecule has 1 heterocycles. The van der Waals surface area contributed by atoms with Gasteiger partial charge in [0.1, 0.15) is 5.56 Å². The van der Waals surface area contributed by atoms with Crippen LogP contribution in [0.3, 0.4) is 0 Å². The van der Waals surface area contributed by atoms with E-state index < -0.39 is 25.6 Å². The fourth-order valence-electron chi connectivity index (χ4n) is 1.15. The Bertz CT molecular complexity index is 479. The highest BCUT2D eigenvalue weighted by Crippen LogP contribution is 2.20. The second kappa shape index (κ2) is 4.19. The molecular formula is C7H9ClN2O4S. The van der Waals surface area contributed by atoms with Crippen molar-refractivity contribution in [2.45, 2.75) is 24.9 Å². The molecule has 0 bridgehead atoms. The lowest BCUT2D eigenvalue weighted by Gasteiger charge is -2.02. The van der Waals surface area contributed by atoms with Crippen molar-refractivity contribution in [1.29, 1.82) is 0 Å². The van der Waals surface area contributed by atoms with Crippen LogP contribution in [0.4, 0.5) is 0 Å². The summed E-state index contributed by atoms with van der Waals surface area (Å²) in [5, 5.41) is 11.9. The summed E-state index contributed by atoms with van der Waals surface area (Å²) < 4.78 is 23.4. The lowest BCUT2D eigenvalue weighted by molar-refractivity contribution is 0.0692. The second-order valence-corrected chi connectivity index (χ2v) is 5.31. The van der Waals surface area contributed by atoms with Crippen molar-refractivity contribution in [2.75, 3.05) is 0 Å². The van der Waals surface area contributed by atoms with Crippen LogP contribution >= 0.6 is 10.7 Å². The van der Waals surface area contributed by atoms with Crippen LogP contribution in [0.2, 0.25) is 0 Å². The molecule has 1 rings (SSSR count). The topological polar surface area (TPSA) is 89.3 Å². The SMILES string of the molecule is CCCn1ncc(C(=O)O)c1S(=O)(=O)Cl. The van der Waals surface area contributed by atoms with Crippen LogP contribution in [0.5, 0.6) is 0 Å². The quantitative estimate of drug-likeness (QED) is 0.805. The van der Waals surface area contributed by atoms with Crippen molar-refractivity contribution < 1.29 is 18.3 Å². The maximum absolute atomic E-state index is 11.2. The van der Waals surface area contributed by atoms with E-state index in [0.29, 0.717) is 13.0 Å². The Morgan fingerprint density at radius 3 is 2.67 bits per heavy atom. The summed E-state index contributed by atoms with van der Waals surface area (Å²) >= 11 is 0. The molecule has 0 aliphatic heterocycles. The zero-order valence-electron chi connectivity index (χ0n) is 7.84. The normalized spacial score (nSPS) is 11.6. The number of aromatic carboxylic acids is 1. The number of hydrogen-bond donors (Lipinski definition) is 1. The van der Waals surface area contributed by atoms with Gasteiger partial charge in [0.25, 0.3) is 9.05 Å². The molecule has 0 radical (unpaired) electrons. The molecule has 1 aromatic rings. The molecule has 0 aromatic carbocycles. The van der Waals surface area contributed by atoms with Gasteiger partial charge in [-0.1, -0.05) is 6.92 Å². The Morgan fingerprint density at radius 1 is 1.67 bits per heavy atom. The van der Waals surface area contributed by atoms with Crippen LogP contribution in [0.1, 0.15) is 23.7 Å². The molecule has 0 saturated heterocycles. The first kappa shape index (κ1) is 12.0. The van der Waals surface area contributed by atoms with E-state index >= 15 is 0 Å². The second-order valence-electron chi connectivity index (χ2n) is 2.83. The minimum absolute atomic E-state index is 0.300. The molecule has 1 N–H and O–H groups in total. The van der Waals surface area contributed by atoms with Crippen molar-refractivity contribution >= 4 is 25.7 Å². The molecule has 8 heteroatoms. The van der Waals surface area contributed by atoms with E-state index in [-0.39, 0.29) is 0 Å². The zero-order valence-corrected chi connectivity index (χ0v) is 9.42. The van der Waals surface area contributed by atoms with Gasteiger partial charge in [0, 0.05) is 17.2 Å². The number of halogens is 1. The minimum Gasteiger partial charge on any atom is -0.478 e. The lowest BCUT2D eigenvalue weighted by atomic mass is 10.4. The Labute approximate surface area is 90.9 Å². The molecule has 0 fully saturated rings. The van der Waals surface area contributed by atoms with E-state index in [2.05, 4.69) is 5.10 Å². The van der Waals surface area contributed by atoms with Crippen LogP contribution in [-0.4, -0.2) is 29.3 Å². The fraction of sp³-hybridized carbons (Fsp3) is 0.429. The maximum atomic E-state index is 11.2. The van der Waals surface area contributed by atoms with Crippen molar-refractivity contribution in [1.82, 2.24) is 9.78 Å². The first-order valence-corrected chi connectivity index (χ1v) is 6.42. The van der Waals surface area contributed by atoms with Gasteiger partial charge in [0.2, 0.25) is 0 Å². The Kier molecular flexibility index (Phi) is 3.35. The van der Waals surface area contributed by atoms with E-state index in [1.165, 1.54) is 0 Å². The predicted molar refractivity (Wildman–Crippen MR) is 52.5 cm³/mol. The van der Waals surface area contributed by atoms with Crippen molar-refractivity contribution in [3.05, 3.63) is 11.8 Å². The first-order valence-electron chi connectivity index (χ1n) is 4.11. The largest absolute Gasteiger partial charge is 0.478 e. The molecule has 0 amide bonds. The lowest BCUT2D eigenvalue weighted by Crippen LogP contribution is -2.10. The highest BCUT2D eigenvalue weighted by molar-refractivity contribution is 8.13. The van der Waals surface area contributed by atoms with Gasteiger partial charge < -0.3 is 5.11 Å². The van der Waals surface area contributed by atoms with Crippen LogP contribution in [0, 0.1) is 0 Å². The van der Waals surface area contributed by atoms with Crippen LogP contribution in [-0.2, 0) is 15.6 Å². The van der Waals surface area contributed by atoms with E-state index in [9.17, 15) is 13.2 Å². The number of hydrogen-bond acceptors (Lipinski definition) is 4. The predicted octanol–water partition coefficient (Wildman–Crippen LogP) is 0.919. The third-order valence-electron chi connectivity index (χ3n) is 1.69. The van der Waals surface area contributed by atoms with Crippen LogP contribution in [0.15, 0.2) is 11.2 Å². The highest BCUT2D eigenvalue weighted by atomic mass is 35.7. The van der Waals surface area contributed by atoms with E-state index in [0.717, 1.165) is 10.9 Å². The van der Waals surface area contributed by atoms with Gasteiger partial charge in [0.15, 0.2) is 5.03 Å². The molecular weight excluding hydrogens is 244 g/mol. The molecule has 0 unspecified atom stereocenters. The van der Waals surface area contributed by atoms with Crippen molar-refractivity contribution in [2.24, 2.45) is 0 Å². The zero-order chi connectivity index (χ0) is 11.6. The molecule has 0 aliphatic rings. The number of aromatic nitrogens is 2. The first-order chi connectivity index (χ1) is 6.88. The fourth-order valence-corrected chi connectivity index (χ4v) is 2.43. The summed E-state index contributed by atoms with van der Waals surface area (Å²) in [4.78, 5) is 10.7. The Morgan fingerprint density at radius 2 is 2.27 bits per heavy atom. The Balaban J connectivity index is 3.40. The molecule has 1 aromatic heterocycles. The van der Waals surface area contributed by atoms with E-state index in [1.54, 1.807) is 0 Å². The van der Waals surface area contributed by atoms with Gasteiger partial charge in [-0.25, -0.2) is 13.2 Å². The summed E-state index contributed by atoms with van der Waals surface area (Å²) in [5.41, 5.74) is -0.404. The summed E-state index contributed by atoms with van der Waals surface area (Å²) in [7, 11) is 1.04. The van der Waals surface area contributed by atoms with Crippen LogP contribution in [0.25, 0.3) is 0 Å². The summed E-state index contributed by atoms with van der Waals surface area (Å²) in [6.45, 7) is 2.11. The standard InChI is InChI=1S/C7H9ClN2O4S/c1-2-3-10-6(15(8,13)14)5(4-9-10)7(11)12/h4H,2-3H2,1H3,(H,11,12). The third-order valence-corrected chi connectivity index (χ3v) is 3.02. The van der Waals surface area contributed by atoms with Gasteiger partial charge in [-0.2, -0.15) is 5.10 Å². The van der Waals surface area contributed by atoms with Gasteiger partial charge in [0.05, 0.1) is 6.20 Å². The van der Waals surface area contributed by atoms with Gasteiger partial charge in [-0.05, 0) is 6.42 Å². The molecule has 6 nitrogen and oxygen atoms in total. The average Bonchev–Trinajstić information content (AvgIpc) is 2.47. The van der Waals surface area contributed by atoms with Gasteiger partial charge >= 0.3 is 5.97 Å². The number of carboxylic acid groups (broad SMARTS) is 1. The number of nitrogens with zero attached hydrogens (tertiary/aromatic N) is 2. The van der Waals surface area contributed by atoms with Crippen LogP contribution < -0.4 is 0 Å². The minimum atomic E-state index is -4.10. The monoisotopic (exact) mass is 252 g/mol. The molecule has 0 aliphatic carbocycles. The van der Waals surface area contributed by atoms with Gasteiger partial charge in [-0.3, -0.25) is 4.68 Å². The maximum Gasteiger partial charge on any atom is 0.340 e. The molecule has 0 atom stereocenters. The number of carboxylic acids is 1. The highest BCUT2D eigenvalue weighted by Gasteiger charge is 2.26. The van der Waals surface area contributed by atoms with Gasteiger partial charge in [-0.15, -0.1) is 0 Å². The smallest absolute Gasteiger partial charge is 0.340 e. The summed E-state index contributed by atoms with van der Waals surface area (Å²) in [6, 6.07) is 0. The van der Waals surface area contributed by atoms with E-state index in [1.807, 2.05) is 6.92 Å². The molecule has 84 valence electrons. The number of aryl methyl sites for hydroxylation is 1. The molecule has 15 heavy (non-hydrogen) atoms. The third kappa shape index (κ3) is 2.48. The number of rotatable bonds is 4. The van der Waals surface area contributed by atoms with E-state index in [4.69, 9.17) is 15.8 Å². The Hall–Kier alpha value is -1.08. The molecule has 0 saturated carbocycles.